The number of hydrogen-bond donors (Lipinski definition) is 1. The van der Waals surface area contributed by atoms with Crippen LogP contribution in [-0.2, 0) is 4.74 Å². The molecule has 2 heterocycles. The summed E-state index contributed by atoms with van der Waals surface area (Å²) in [6.07, 6.45) is 5.22. The second kappa shape index (κ2) is 3.25. The van der Waals surface area contributed by atoms with Crippen LogP contribution in [0, 0.1) is 11.3 Å². The van der Waals surface area contributed by atoms with Crippen molar-refractivity contribution in [3.63, 3.8) is 0 Å². The minimum Gasteiger partial charge on any atom is -0.373 e. The summed E-state index contributed by atoms with van der Waals surface area (Å²) in [6, 6.07) is 0. The Kier molecular flexibility index (Phi) is 2.06. The lowest BCUT2D eigenvalue weighted by Crippen LogP contribution is -2.55. The van der Waals surface area contributed by atoms with Crippen molar-refractivity contribution in [2.24, 2.45) is 11.3 Å². The molecule has 1 N–H and O–H groups in total. The molecule has 5 atom stereocenters. The van der Waals surface area contributed by atoms with Crippen molar-refractivity contribution in [1.29, 1.82) is 0 Å². The van der Waals surface area contributed by atoms with Crippen LogP contribution in [0.15, 0.2) is 0 Å². The van der Waals surface area contributed by atoms with E-state index in [1.165, 1.54) is 32.4 Å². The van der Waals surface area contributed by atoms with Gasteiger partial charge in [-0.25, -0.2) is 0 Å². The van der Waals surface area contributed by atoms with Gasteiger partial charge in [-0.05, 0) is 32.6 Å². The number of rotatable bonds is 1. The maximum Gasteiger partial charge on any atom is 0.0678 e. The maximum atomic E-state index is 5.90. The SMILES string of the molecule is C[C@@H]1CN([C@]23CNC[C@]24CCC[C@H]43)C[C@H](C)O1. The Morgan fingerprint density at radius 2 is 1.94 bits per heavy atom. The molecule has 3 heteroatoms. The van der Waals surface area contributed by atoms with Gasteiger partial charge in [0.25, 0.3) is 0 Å². The number of piperidine rings is 1. The van der Waals surface area contributed by atoms with Crippen molar-refractivity contribution in [1.82, 2.24) is 10.2 Å². The van der Waals surface area contributed by atoms with Crippen LogP contribution in [0.2, 0.25) is 0 Å². The van der Waals surface area contributed by atoms with E-state index >= 15 is 0 Å². The van der Waals surface area contributed by atoms with E-state index < -0.39 is 0 Å². The Hall–Kier alpha value is -0.120. The van der Waals surface area contributed by atoms with E-state index in [0.717, 1.165) is 19.0 Å². The van der Waals surface area contributed by atoms with Gasteiger partial charge in [-0.2, -0.15) is 0 Å². The first kappa shape index (κ1) is 10.8. The predicted molar refractivity (Wildman–Crippen MR) is 67.0 cm³/mol. The molecule has 0 bridgehead atoms. The molecule has 2 saturated carbocycles. The standard InChI is InChI=1S/C14H24N2O/c1-10-6-16(7-11(2)17-10)14-9-15-8-13(14)5-3-4-12(13)14/h10-12,15H,3-9H2,1-2H3/t10-,11+,12-,13+,14+/m1/s1. The number of nitrogens with zero attached hydrogens (tertiary/aromatic N) is 1. The summed E-state index contributed by atoms with van der Waals surface area (Å²) in [5.41, 5.74) is 1.18. The van der Waals surface area contributed by atoms with Crippen LogP contribution in [0.1, 0.15) is 33.1 Å². The third-order valence-corrected chi connectivity index (χ3v) is 5.96. The van der Waals surface area contributed by atoms with E-state index in [-0.39, 0.29) is 0 Å². The summed E-state index contributed by atoms with van der Waals surface area (Å²) in [6.45, 7) is 9.25. The molecule has 1 spiro atoms. The van der Waals surface area contributed by atoms with Gasteiger partial charge in [0.05, 0.1) is 12.2 Å². The van der Waals surface area contributed by atoms with Gasteiger partial charge in [-0.15, -0.1) is 0 Å². The minimum absolute atomic E-state index is 0.409. The Bertz CT molecular complexity index is 333. The van der Waals surface area contributed by atoms with E-state index in [1.54, 1.807) is 0 Å². The molecular formula is C14H24N2O. The van der Waals surface area contributed by atoms with Gasteiger partial charge in [-0.1, -0.05) is 6.42 Å². The molecule has 0 amide bonds. The Morgan fingerprint density at radius 1 is 1.18 bits per heavy atom. The number of fused-ring (bicyclic) bond motifs is 1. The zero-order chi connectivity index (χ0) is 11.7. The second-order valence-corrected chi connectivity index (χ2v) is 6.79. The fourth-order valence-electron chi connectivity index (χ4n) is 5.56. The van der Waals surface area contributed by atoms with Crippen LogP contribution < -0.4 is 5.32 Å². The highest BCUT2D eigenvalue weighted by Gasteiger charge is 2.81. The molecule has 96 valence electrons. The van der Waals surface area contributed by atoms with Crippen LogP contribution >= 0.6 is 0 Å². The topological polar surface area (TPSA) is 24.5 Å². The van der Waals surface area contributed by atoms with Gasteiger partial charge in [0, 0.05) is 37.1 Å². The largest absolute Gasteiger partial charge is 0.373 e. The van der Waals surface area contributed by atoms with Gasteiger partial charge in [0.1, 0.15) is 0 Å². The first-order chi connectivity index (χ1) is 8.19. The van der Waals surface area contributed by atoms with Gasteiger partial charge in [0.2, 0.25) is 0 Å². The first-order valence-electron chi connectivity index (χ1n) is 7.30. The van der Waals surface area contributed by atoms with Crippen LogP contribution in [0.25, 0.3) is 0 Å². The molecule has 2 aliphatic heterocycles. The summed E-state index contributed by atoms with van der Waals surface area (Å²) in [7, 11) is 0. The van der Waals surface area contributed by atoms with Crippen molar-refractivity contribution in [3.8, 4) is 0 Å². The number of nitrogens with one attached hydrogen (secondary N) is 1. The van der Waals surface area contributed by atoms with Crippen molar-refractivity contribution < 1.29 is 4.74 Å². The molecule has 0 radical (unpaired) electrons. The smallest absolute Gasteiger partial charge is 0.0678 e. The van der Waals surface area contributed by atoms with E-state index in [2.05, 4.69) is 24.1 Å². The molecule has 17 heavy (non-hydrogen) atoms. The predicted octanol–water partition coefficient (Wildman–Crippen LogP) is 1.24. The molecular weight excluding hydrogens is 212 g/mol. The highest BCUT2D eigenvalue weighted by molar-refractivity contribution is 5.35. The van der Waals surface area contributed by atoms with Crippen LogP contribution in [0.3, 0.4) is 0 Å². The highest BCUT2D eigenvalue weighted by Crippen LogP contribution is 2.75. The molecule has 0 aromatic rings. The van der Waals surface area contributed by atoms with E-state index in [9.17, 15) is 0 Å². The Labute approximate surface area is 104 Å². The number of ether oxygens (including phenoxy) is 1. The zero-order valence-corrected chi connectivity index (χ0v) is 11.0. The van der Waals surface area contributed by atoms with Gasteiger partial charge < -0.3 is 10.1 Å². The molecule has 0 unspecified atom stereocenters. The van der Waals surface area contributed by atoms with Crippen molar-refractivity contribution >= 4 is 0 Å². The lowest BCUT2D eigenvalue weighted by molar-refractivity contribution is -0.0895. The number of hydrogen-bond acceptors (Lipinski definition) is 3. The molecule has 3 nitrogen and oxygen atoms in total. The highest BCUT2D eigenvalue weighted by atomic mass is 16.5. The lowest BCUT2D eigenvalue weighted by Gasteiger charge is -2.42. The molecule has 0 aromatic heterocycles. The third kappa shape index (κ3) is 1.14. The average Bonchev–Trinajstić information content (AvgIpc) is 2.70. The van der Waals surface area contributed by atoms with Gasteiger partial charge in [-0.3, -0.25) is 4.90 Å². The fraction of sp³-hybridized carbons (Fsp3) is 1.00. The quantitative estimate of drug-likeness (QED) is 0.741. The fourth-order valence-corrected chi connectivity index (χ4v) is 5.56. The van der Waals surface area contributed by atoms with Crippen molar-refractivity contribution in [2.75, 3.05) is 26.2 Å². The minimum atomic E-state index is 0.409. The normalized spacial score (nSPS) is 57.9. The maximum absolute atomic E-state index is 5.90. The zero-order valence-electron chi connectivity index (χ0n) is 11.0. The van der Waals surface area contributed by atoms with Gasteiger partial charge in [0.15, 0.2) is 0 Å². The Morgan fingerprint density at radius 3 is 2.65 bits per heavy atom. The summed E-state index contributed by atoms with van der Waals surface area (Å²) in [5, 5.41) is 3.67. The third-order valence-electron chi connectivity index (χ3n) is 5.96. The van der Waals surface area contributed by atoms with Crippen molar-refractivity contribution in [2.45, 2.75) is 50.9 Å². The molecule has 4 aliphatic rings. The van der Waals surface area contributed by atoms with E-state index in [0.29, 0.717) is 23.2 Å². The Balaban J connectivity index is 1.62. The second-order valence-electron chi connectivity index (χ2n) is 6.79. The molecule has 2 aliphatic carbocycles. The first-order valence-corrected chi connectivity index (χ1v) is 7.30. The summed E-state index contributed by atoms with van der Waals surface area (Å²) < 4.78 is 5.90. The van der Waals surface area contributed by atoms with Crippen molar-refractivity contribution in [3.05, 3.63) is 0 Å². The summed E-state index contributed by atoms with van der Waals surface area (Å²) >= 11 is 0. The molecule has 4 fully saturated rings. The van der Waals surface area contributed by atoms with E-state index in [4.69, 9.17) is 4.74 Å². The van der Waals surface area contributed by atoms with Crippen LogP contribution in [-0.4, -0.2) is 48.8 Å². The summed E-state index contributed by atoms with van der Waals surface area (Å²) in [5.74, 6) is 0.994. The molecule has 2 saturated heterocycles. The van der Waals surface area contributed by atoms with Gasteiger partial charge >= 0.3 is 0 Å². The molecule has 4 rings (SSSR count). The van der Waals surface area contributed by atoms with E-state index in [1.807, 2.05) is 0 Å². The van der Waals surface area contributed by atoms with Crippen LogP contribution in [0.5, 0.6) is 0 Å². The average molecular weight is 236 g/mol. The monoisotopic (exact) mass is 236 g/mol. The lowest BCUT2D eigenvalue weighted by atomic mass is 9.95. The molecule has 0 aromatic carbocycles. The summed E-state index contributed by atoms with van der Waals surface area (Å²) in [4.78, 5) is 2.79. The number of morpholine rings is 1. The van der Waals surface area contributed by atoms with Crippen LogP contribution in [0.4, 0.5) is 0 Å².